The van der Waals surface area contributed by atoms with Crippen molar-refractivity contribution in [3.05, 3.63) is 63.7 Å². The van der Waals surface area contributed by atoms with E-state index in [9.17, 15) is 19.2 Å². The number of nitrogens with two attached hydrogens (primary N) is 1. The molecule has 4 N–H and O–H groups in total. The summed E-state index contributed by atoms with van der Waals surface area (Å²) in [4.78, 5) is 54.6. The van der Waals surface area contributed by atoms with Crippen molar-refractivity contribution in [2.24, 2.45) is 11.7 Å². The average Bonchev–Trinajstić information content (AvgIpc) is 3.58. The number of rotatable bonds is 10. The molecule has 2 aromatic rings. The van der Waals surface area contributed by atoms with Crippen molar-refractivity contribution in [2.75, 3.05) is 5.32 Å². The smallest absolute Gasteiger partial charge is 0.408 e. The standard InChI is InChI=1S/C31H41ClN4O5/c1-17-10-8-12-21(20(17)4)27(28(38)35-26-18(2)11-9-13-22(26)32)36(24-16-19(24)3)29(39)23(14-15-25(33)37)34-30(40)41-31(5,6)7/h8-13,19,23-24,27H,14-16H2,1-7H3,(H2,33,37)(H,34,40)(H,35,38). The molecule has 222 valence electrons. The number of aryl methyl sites for hydroxylation is 2. The third-order valence-corrected chi connectivity index (χ3v) is 7.60. The highest BCUT2D eigenvalue weighted by Crippen LogP contribution is 2.42. The van der Waals surface area contributed by atoms with Gasteiger partial charge in [0.15, 0.2) is 0 Å². The first kappa shape index (κ1) is 31.9. The lowest BCUT2D eigenvalue weighted by Gasteiger charge is -2.36. The van der Waals surface area contributed by atoms with Crippen LogP contribution in [0.5, 0.6) is 0 Å². The molecule has 41 heavy (non-hydrogen) atoms. The van der Waals surface area contributed by atoms with E-state index in [1.165, 1.54) is 0 Å². The minimum atomic E-state index is -1.15. The predicted molar refractivity (Wildman–Crippen MR) is 159 cm³/mol. The molecule has 1 saturated carbocycles. The molecule has 4 amide bonds. The van der Waals surface area contributed by atoms with Gasteiger partial charge in [-0.1, -0.05) is 48.9 Å². The van der Waals surface area contributed by atoms with Crippen LogP contribution in [-0.2, 0) is 19.1 Å². The van der Waals surface area contributed by atoms with E-state index in [4.69, 9.17) is 22.1 Å². The number of benzene rings is 2. The number of carbonyl (C=O) groups excluding carboxylic acids is 4. The van der Waals surface area contributed by atoms with Crippen molar-refractivity contribution in [3.63, 3.8) is 0 Å². The van der Waals surface area contributed by atoms with Crippen molar-refractivity contribution < 1.29 is 23.9 Å². The summed E-state index contributed by atoms with van der Waals surface area (Å²) in [6, 6.07) is 8.50. The van der Waals surface area contributed by atoms with Gasteiger partial charge in [0.2, 0.25) is 11.8 Å². The van der Waals surface area contributed by atoms with E-state index in [1.54, 1.807) is 37.8 Å². The molecule has 0 radical (unpaired) electrons. The summed E-state index contributed by atoms with van der Waals surface area (Å²) in [5.74, 6) is -1.42. The molecular weight excluding hydrogens is 544 g/mol. The van der Waals surface area contributed by atoms with Crippen LogP contribution in [0.15, 0.2) is 36.4 Å². The van der Waals surface area contributed by atoms with E-state index in [2.05, 4.69) is 10.6 Å². The van der Waals surface area contributed by atoms with Crippen LogP contribution in [0.4, 0.5) is 10.5 Å². The fraction of sp³-hybridized carbons (Fsp3) is 0.484. The van der Waals surface area contributed by atoms with Crippen molar-refractivity contribution in [2.45, 2.75) is 91.5 Å². The molecule has 1 aliphatic carbocycles. The molecule has 2 aromatic carbocycles. The summed E-state index contributed by atoms with van der Waals surface area (Å²) < 4.78 is 5.40. The van der Waals surface area contributed by atoms with Crippen molar-refractivity contribution >= 4 is 41.1 Å². The van der Waals surface area contributed by atoms with Gasteiger partial charge < -0.3 is 26.0 Å². The lowest BCUT2D eigenvalue weighted by atomic mass is 9.94. The third-order valence-electron chi connectivity index (χ3n) is 7.29. The zero-order chi connectivity index (χ0) is 30.6. The van der Waals surface area contributed by atoms with Gasteiger partial charge in [-0.15, -0.1) is 0 Å². The zero-order valence-electron chi connectivity index (χ0n) is 24.8. The van der Waals surface area contributed by atoms with Gasteiger partial charge in [-0.25, -0.2) is 4.79 Å². The van der Waals surface area contributed by atoms with Crippen LogP contribution < -0.4 is 16.4 Å². The maximum Gasteiger partial charge on any atom is 0.408 e. The van der Waals surface area contributed by atoms with E-state index in [0.29, 0.717) is 22.7 Å². The van der Waals surface area contributed by atoms with Gasteiger partial charge >= 0.3 is 6.09 Å². The maximum absolute atomic E-state index is 14.4. The minimum absolute atomic E-state index is 0.0459. The monoisotopic (exact) mass is 584 g/mol. The number of primary amides is 1. The number of para-hydroxylation sites is 1. The molecule has 1 fully saturated rings. The summed E-state index contributed by atoms with van der Waals surface area (Å²) in [7, 11) is 0. The lowest BCUT2D eigenvalue weighted by molar-refractivity contribution is -0.142. The van der Waals surface area contributed by atoms with Gasteiger partial charge in [-0.2, -0.15) is 0 Å². The fourth-order valence-electron chi connectivity index (χ4n) is 4.82. The highest BCUT2D eigenvalue weighted by Gasteiger charge is 2.48. The van der Waals surface area contributed by atoms with Gasteiger partial charge in [0.25, 0.3) is 5.91 Å². The zero-order valence-corrected chi connectivity index (χ0v) is 25.6. The van der Waals surface area contributed by atoms with Crippen LogP contribution >= 0.6 is 11.6 Å². The molecule has 0 bridgehead atoms. The summed E-state index contributed by atoms with van der Waals surface area (Å²) in [6.07, 6.45) is -0.307. The number of nitrogens with zero attached hydrogens (tertiary/aromatic N) is 1. The molecule has 4 unspecified atom stereocenters. The number of alkyl carbamates (subject to hydrolysis) is 1. The Hall–Kier alpha value is -3.59. The highest BCUT2D eigenvalue weighted by atomic mass is 35.5. The Balaban J connectivity index is 2.10. The Morgan fingerprint density at radius 2 is 1.68 bits per heavy atom. The van der Waals surface area contributed by atoms with Crippen LogP contribution in [0.2, 0.25) is 5.02 Å². The second-order valence-electron chi connectivity index (χ2n) is 11.8. The SMILES string of the molecule is Cc1cccc(C(C(=O)Nc2c(C)cccc2Cl)N(C(=O)C(CCC(N)=O)NC(=O)OC(C)(C)C)C2CC2C)c1C. The molecular formula is C31H41ClN4O5. The second-order valence-corrected chi connectivity index (χ2v) is 12.2. The van der Waals surface area contributed by atoms with Crippen LogP contribution in [0.25, 0.3) is 0 Å². The Kier molecular flexibility index (Phi) is 10.1. The first-order chi connectivity index (χ1) is 19.1. The summed E-state index contributed by atoms with van der Waals surface area (Å²) in [5, 5.41) is 5.98. The van der Waals surface area contributed by atoms with Gasteiger partial charge in [0, 0.05) is 12.5 Å². The van der Waals surface area contributed by atoms with Gasteiger partial charge in [0.05, 0.1) is 10.7 Å². The molecule has 0 aromatic heterocycles. The van der Waals surface area contributed by atoms with E-state index < -0.39 is 41.5 Å². The number of ether oxygens (including phenoxy) is 1. The van der Waals surface area contributed by atoms with Crippen LogP contribution in [-0.4, -0.2) is 46.4 Å². The maximum atomic E-state index is 14.4. The molecule has 1 aliphatic rings. The summed E-state index contributed by atoms with van der Waals surface area (Å²) in [5.41, 5.74) is 8.32. The number of nitrogens with one attached hydrogen (secondary N) is 2. The third kappa shape index (κ3) is 8.22. The first-order valence-electron chi connectivity index (χ1n) is 13.8. The van der Waals surface area contributed by atoms with Crippen molar-refractivity contribution in [3.8, 4) is 0 Å². The van der Waals surface area contributed by atoms with E-state index in [1.807, 2.05) is 52.0 Å². The number of amides is 4. The van der Waals surface area contributed by atoms with Crippen molar-refractivity contribution in [1.29, 1.82) is 0 Å². The molecule has 0 saturated heterocycles. The molecule has 9 nitrogen and oxygen atoms in total. The Morgan fingerprint density at radius 1 is 1.07 bits per heavy atom. The van der Waals surface area contributed by atoms with Gasteiger partial charge in [-0.05, 0) is 88.6 Å². The average molecular weight is 585 g/mol. The molecule has 0 heterocycles. The largest absolute Gasteiger partial charge is 0.444 e. The van der Waals surface area contributed by atoms with Crippen LogP contribution in [0.3, 0.4) is 0 Å². The molecule has 0 aliphatic heterocycles. The number of halogens is 1. The first-order valence-corrected chi connectivity index (χ1v) is 14.2. The lowest BCUT2D eigenvalue weighted by Crippen LogP contribution is -2.53. The van der Waals surface area contributed by atoms with Gasteiger partial charge in [0.1, 0.15) is 17.7 Å². The summed E-state index contributed by atoms with van der Waals surface area (Å²) in [6.45, 7) is 12.8. The highest BCUT2D eigenvalue weighted by molar-refractivity contribution is 6.34. The van der Waals surface area contributed by atoms with Gasteiger partial charge in [-0.3, -0.25) is 14.4 Å². The topological polar surface area (TPSA) is 131 Å². The fourth-order valence-corrected chi connectivity index (χ4v) is 5.08. The minimum Gasteiger partial charge on any atom is -0.444 e. The Bertz CT molecular complexity index is 1300. The normalized spacial score (nSPS) is 17.7. The number of carbonyl (C=O) groups is 4. The quantitative estimate of drug-likeness (QED) is 0.347. The van der Waals surface area contributed by atoms with E-state index in [-0.39, 0.29) is 24.8 Å². The number of hydrogen-bond acceptors (Lipinski definition) is 5. The van der Waals surface area contributed by atoms with Crippen molar-refractivity contribution in [1.82, 2.24) is 10.2 Å². The second kappa shape index (κ2) is 12.9. The number of hydrogen-bond donors (Lipinski definition) is 3. The van der Waals surface area contributed by atoms with Crippen LogP contribution in [0, 0.1) is 26.7 Å². The Morgan fingerprint density at radius 3 is 2.24 bits per heavy atom. The summed E-state index contributed by atoms with van der Waals surface area (Å²) >= 11 is 6.45. The molecule has 10 heteroatoms. The Labute approximate surface area is 247 Å². The number of anilines is 1. The predicted octanol–water partition coefficient (Wildman–Crippen LogP) is 5.34. The molecule has 3 rings (SSSR count). The molecule has 4 atom stereocenters. The molecule has 0 spiro atoms. The van der Waals surface area contributed by atoms with E-state index in [0.717, 1.165) is 16.7 Å². The van der Waals surface area contributed by atoms with Crippen LogP contribution in [0.1, 0.15) is 75.3 Å². The van der Waals surface area contributed by atoms with E-state index >= 15 is 0 Å².